The lowest BCUT2D eigenvalue weighted by molar-refractivity contribution is -0.126. The molecule has 0 bridgehead atoms. The lowest BCUT2D eigenvalue weighted by atomic mass is 10.2. The predicted molar refractivity (Wildman–Crippen MR) is 125 cm³/mol. The minimum atomic E-state index is -0.501. The van der Waals surface area contributed by atoms with E-state index in [9.17, 15) is 9.59 Å². The lowest BCUT2D eigenvalue weighted by Gasteiger charge is -2.07. The maximum Gasteiger partial charge on any atom is 0.249 e. The lowest BCUT2D eigenvalue weighted by Crippen LogP contribution is -2.24. The molecule has 0 unspecified atom stereocenters. The predicted octanol–water partition coefficient (Wildman–Crippen LogP) is 4.82. The van der Waals surface area contributed by atoms with Crippen molar-refractivity contribution in [2.45, 2.75) is 20.0 Å². The summed E-state index contributed by atoms with van der Waals surface area (Å²) in [7, 11) is 0. The van der Waals surface area contributed by atoms with Crippen LogP contribution in [0.3, 0.4) is 0 Å². The van der Waals surface area contributed by atoms with Crippen LogP contribution in [0.4, 0.5) is 5.69 Å². The summed E-state index contributed by atoms with van der Waals surface area (Å²) in [4.78, 5) is 23.9. The highest BCUT2D eigenvalue weighted by Gasteiger charge is 2.10. The average Bonchev–Trinajstić information content (AvgIpc) is 2.76. The van der Waals surface area contributed by atoms with Crippen molar-refractivity contribution in [1.82, 2.24) is 5.43 Å². The van der Waals surface area contributed by atoms with Gasteiger partial charge in [-0.05, 0) is 70.4 Å². The molecule has 0 aliphatic rings. The third kappa shape index (κ3) is 7.38. The van der Waals surface area contributed by atoms with E-state index in [1.54, 1.807) is 18.2 Å². The summed E-state index contributed by atoms with van der Waals surface area (Å²) in [6.07, 6.45) is 1.18. The van der Waals surface area contributed by atoms with Crippen LogP contribution in [0, 0.1) is 6.92 Å². The first kappa shape index (κ1) is 22.2. The molecule has 31 heavy (non-hydrogen) atoms. The monoisotopic (exact) mass is 479 g/mol. The molecule has 3 aromatic carbocycles. The molecular formula is C24H22BrN3O3. The fourth-order valence-electron chi connectivity index (χ4n) is 2.62. The van der Waals surface area contributed by atoms with Crippen molar-refractivity contribution in [3.8, 4) is 5.75 Å². The molecule has 7 heteroatoms. The second-order valence-corrected chi connectivity index (χ2v) is 7.70. The molecule has 3 aromatic rings. The van der Waals surface area contributed by atoms with Crippen molar-refractivity contribution in [2.75, 3.05) is 5.32 Å². The third-order valence-electron chi connectivity index (χ3n) is 4.28. The standard InChI is InChI=1S/C24H22BrN3O3/c1-17-6-8-19(9-7-17)16-31-20-12-10-18(11-13-20)15-26-28-24(30)14-23(29)27-22-5-3-2-4-21(22)25/h2-13,15H,14,16H2,1H3,(H,27,29)(H,28,30). The maximum atomic E-state index is 12.0. The van der Waals surface area contributed by atoms with Crippen LogP contribution in [-0.4, -0.2) is 18.0 Å². The number of hydrazone groups is 1. The number of halogens is 1. The van der Waals surface area contributed by atoms with E-state index in [2.05, 4.69) is 43.9 Å². The van der Waals surface area contributed by atoms with E-state index in [4.69, 9.17) is 4.74 Å². The van der Waals surface area contributed by atoms with Gasteiger partial charge in [-0.3, -0.25) is 9.59 Å². The van der Waals surface area contributed by atoms with E-state index in [-0.39, 0.29) is 6.42 Å². The Hall–Kier alpha value is -3.45. The first-order chi connectivity index (χ1) is 15.0. The molecule has 3 rings (SSSR count). The number of aryl methyl sites for hydroxylation is 1. The Kier molecular flexibility index (Phi) is 7.95. The van der Waals surface area contributed by atoms with Crippen molar-refractivity contribution in [3.05, 3.63) is 94.0 Å². The maximum absolute atomic E-state index is 12.0. The minimum Gasteiger partial charge on any atom is -0.489 e. The van der Waals surface area contributed by atoms with Gasteiger partial charge in [0.05, 0.1) is 11.9 Å². The Morgan fingerprint density at radius 2 is 1.68 bits per heavy atom. The SMILES string of the molecule is Cc1ccc(COc2ccc(C=NNC(=O)CC(=O)Nc3ccccc3Br)cc2)cc1. The number of hydrogen-bond acceptors (Lipinski definition) is 4. The number of anilines is 1. The number of nitrogens with one attached hydrogen (secondary N) is 2. The van der Waals surface area contributed by atoms with Gasteiger partial charge < -0.3 is 10.1 Å². The topological polar surface area (TPSA) is 79.8 Å². The van der Waals surface area contributed by atoms with Crippen LogP contribution >= 0.6 is 15.9 Å². The van der Waals surface area contributed by atoms with Crippen molar-refractivity contribution >= 4 is 39.6 Å². The van der Waals surface area contributed by atoms with Gasteiger partial charge in [-0.1, -0.05) is 42.0 Å². The van der Waals surface area contributed by atoms with Gasteiger partial charge >= 0.3 is 0 Å². The molecule has 158 valence electrons. The average molecular weight is 480 g/mol. The number of nitrogens with zero attached hydrogens (tertiary/aromatic N) is 1. The van der Waals surface area contributed by atoms with E-state index in [1.165, 1.54) is 11.8 Å². The summed E-state index contributed by atoms with van der Waals surface area (Å²) in [5.74, 6) is -0.181. The number of carbonyl (C=O) groups excluding carboxylic acids is 2. The first-order valence-electron chi connectivity index (χ1n) is 9.64. The number of para-hydroxylation sites is 1. The Morgan fingerprint density at radius 3 is 2.39 bits per heavy atom. The highest BCUT2D eigenvalue weighted by molar-refractivity contribution is 9.10. The van der Waals surface area contributed by atoms with Gasteiger partial charge in [0, 0.05) is 4.47 Å². The minimum absolute atomic E-state index is 0.329. The summed E-state index contributed by atoms with van der Waals surface area (Å²) in [5, 5.41) is 6.57. The number of amides is 2. The summed E-state index contributed by atoms with van der Waals surface area (Å²) in [5.41, 5.74) is 6.06. The van der Waals surface area contributed by atoms with Crippen molar-refractivity contribution in [3.63, 3.8) is 0 Å². The Bertz CT molecular complexity index is 1060. The highest BCUT2D eigenvalue weighted by Crippen LogP contribution is 2.21. The van der Waals surface area contributed by atoms with Crippen LogP contribution in [0.25, 0.3) is 0 Å². The van der Waals surface area contributed by atoms with Crippen LogP contribution in [0.1, 0.15) is 23.1 Å². The molecule has 0 aromatic heterocycles. The smallest absolute Gasteiger partial charge is 0.249 e. The summed E-state index contributed by atoms with van der Waals surface area (Å²) in [6, 6.07) is 22.7. The Labute approximate surface area is 189 Å². The van der Waals surface area contributed by atoms with Crippen LogP contribution < -0.4 is 15.5 Å². The van der Waals surface area contributed by atoms with Crippen LogP contribution in [0.5, 0.6) is 5.75 Å². The number of hydrogen-bond donors (Lipinski definition) is 2. The molecular weight excluding hydrogens is 458 g/mol. The second-order valence-electron chi connectivity index (χ2n) is 6.84. The molecule has 0 spiro atoms. The van der Waals surface area contributed by atoms with Crippen molar-refractivity contribution in [1.29, 1.82) is 0 Å². The molecule has 0 heterocycles. The van der Waals surface area contributed by atoms with E-state index >= 15 is 0 Å². The molecule has 0 radical (unpaired) electrons. The molecule has 0 saturated carbocycles. The fraction of sp³-hybridized carbons (Fsp3) is 0.125. The summed E-state index contributed by atoms with van der Waals surface area (Å²) in [6.45, 7) is 2.54. The van der Waals surface area contributed by atoms with Gasteiger partial charge in [0.15, 0.2) is 0 Å². The largest absolute Gasteiger partial charge is 0.489 e. The Balaban J connectivity index is 1.42. The zero-order valence-electron chi connectivity index (χ0n) is 17.0. The van der Waals surface area contributed by atoms with Crippen LogP contribution in [0.2, 0.25) is 0 Å². The van der Waals surface area contributed by atoms with Gasteiger partial charge in [0.2, 0.25) is 11.8 Å². The number of benzene rings is 3. The Morgan fingerprint density at radius 1 is 0.968 bits per heavy atom. The van der Waals surface area contributed by atoms with Gasteiger partial charge in [0.1, 0.15) is 18.8 Å². The molecule has 0 aliphatic heterocycles. The number of rotatable bonds is 8. The molecule has 0 fully saturated rings. The number of ether oxygens (including phenoxy) is 1. The van der Waals surface area contributed by atoms with Gasteiger partial charge in [-0.25, -0.2) is 5.43 Å². The molecule has 0 atom stereocenters. The quantitative estimate of drug-likeness (QED) is 0.276. The van der Waals surface area contributed by atoms with Gasteiger partial charge in [-0.2, -0.15) is 5.10 Å². The summed E-state index contributed by atoms with van der Waals surface area (Å²) >= 11 is 3.34. The first-order valence-corrected chi connectivity index (χ1v) is 10.4. The zero-order valence-corrected chi connectivity index (χ0v) is 18.6. The zero-order chi connectivity index (χ0) is 22.1. The molecule has 2 amide bonds. The number of carbonyl (C=O) groups is 2. The van der Waals surface area contributed by atoms with Crippen LogP contribution in [0.15, 0.2) is 82.4 Å². The molecule has 2 N–H and O–H groups in total. The van der Waals surface area contributed by atoms with Gasteiger partial charge in [0.25, 0.3) is 0 Å². The van der Waals surface area contributed by atoms with Crippen molar-refractivity contribution in [2.24, 2.45) is 5.10 Å². The van der Waals surface area contributed by atoms with E-state index < -0.39 is 11.8 Å². The van der Waals surface area contributed by atoms with Crippen LogP contribution in [-0.2, 0) is 16.2 Å². The van der Waals surface area contributed by atoms with E-state index in [1.807, 2.05) is 49.4 Å². The molecule has 6 nitrogen and oxygen atoms in total. The second kappa shape index (κ2) is 11.1. The fourth-order valence-corrected chi connectivity index (χ4v) is 3.01. The third-order valence-corrected chi connectivity index (χ3v) is 4.97. The van der Waals surface area contributed by atoms with Gasteiger partial charge in [-0.15, -0.1) is 0 Å². The molecule has 0 saturated heterocycles. The van der Waals surface area contributed by atoms with E-state index in [0.717, 1.165) is 21.3 Å². The normalized spacial score (nSPS) is 10.6. The van der Waals surface area contributed by atoms with E-state index in [0.29, 0.717) is 12.3 Å². The summed E-state index contributed by atoms with van der Waals surface area (Å²) < 4.78 is 6.51. The van der Waals surface area contributed by atoms with Crippen molar-refractivity contribution < 1.29 is 14.3 Å². The highest BCUT2D eigenvalue weighted by atomic mass is 79.9. The molecule has 0 aliphatic carbocycles.